The van der Waals surface area contributed by atoms with Crippen LogP contribution in [0.2, 0.25) is 0 Å². The van der Waals surface area contributed by atoms with Crippen molar-refractivity contribution < 1.29 is 50.6 Å². The smallest absolute Gasteiger partial charge is 0.430 e. The molecule has 0 bridgehead atoms. The number of urea groups is 1. The normalized spacial score (nSPS) is 22.4. The minimum atomic E-state index is -6.01. The number of benzene rings is 2. The summed E-state index contributed by atoms with van der Waals surface area (Å²) in [6.07, 6.45) is -11.6. The Hall–Kier alpha value is -4.01. The third kappa shape index (κ3) is 6.65. The fourth-order valence-corrected chi connectivity index (χ4v) is 6.26. The Morgan fingerprint density at radius 1 is 1.00 bits per heavy atom. The van der Waals surface area contributed by atoms with E-state index in [1.807, 2.05) is 13.8 Å². The van der Waals surface area contributed by atoms with Crippen molar-refractivity contribution in [3.63, 3.8) is 0 Å². The van der Waals surface area contributed by atoms with Crippen molar-refractivity contribution in [2.75, 3.05) is 24.5 Å². The van der Waals surface area contributed by atoms with Gasteiger partial charge in [-0.25, -0.2) is 4.79 Å². The molecule has 2 aromatic rings. The molecular weight excluding hydrogens is 646 g/mol. The Balaban J connectivity index is 1.52. The van der Waals surface area contributed by atoms with E-state index in [-0.39, 0.29) is 31.2 Å². The van der Waals surface area contributed by atoms with Crippen LogP contribution in [0, 0.1) is 0 Å². The largest absolute Gasteiger partial charge is 0.491 e. The predicted octanol–water partition coefficient (Wildman–Crippen LogP) is 5.63. The first-order valence-corrected chi connectivity index (χ1v) is 15.6. The minimum absolute atomic E-state index is 0.0604. The van der Waals surface area contributed by atoms with E-state index in [4.69, 9.17) is 4.74 Å². The van der Waals surface area contributed by atoms with Crippen LogP contribution in [0.1, 0.15) is 64.7 Å². The molecule has 48 heavy (non-hydrogen) atoms. The number of carbonyl (C=O) groups is 3. The second-order valence-electron chi connectivity index (χ2n) is 12.8. The quantitative estimate of drug-likeness (QED) is 0.262. The fourth-order valence-electron chi connectivity index (χ4n) is 6.26. The number of piperazine rings is 1. The van der Waals surface area contributed by atoms with Crippen molar-refractivity contribution in [2.24, 2.45) is 0 Å². The van der Waals surface area contributed by atoms with Crippen LogP contribution < -0.4 is 15.0 Å². The van der Waals surface area contributed by atoms with Crippen LogP contribution in [0.5, 0.6) is 5.75 Å². The average Bonchev–Trinajstić information content (AvgIpc) is 3.20. The summed E-state index contributed by atoms with van der Waals surface area (Å²) >= 11 is 0. The predicted molar refractivity (Wildman–Crippen MR) is 164 cm³/mol. The van der Waals surface area contributed by atoms with Gasteiger partial charge in [-0.05, 0) is 70.4 Å². The van der Waals surface area contributed by atoms with Gasteiger partial charge >= 0.3 is 18.4 Å². The molecule has 0 radical (unpaired) electrons. The fraction of sp³-hybridized carbons (Fsp3) is 0.545. The molecule has 2 heterocycles. The number of aryl methyl sites for hydroxylation is 1. The minimum Gasteiger partial charge on any atom is -0.491 e. The topological polar surface area (TPSA) is 102 Å². The lowest BCUT2D eigenvalue weighted by Crippen LogP contribution is -2.60. The molecule has 4 amide bonds. The standard InChI is InChI=1S/C33H40F6N4O5/c1-7-8-22-15-24(31(47,32(34,35)36)33(37,38)39)11-14-26(22)41-16-21(5)42(17-20(41)4)27(44)18-43-28(45)30(6,40-29(43)46)23-9-12-25(13-10-23)48-19(2)3/h9-15,19-21,47H,7-8,16-18H2,1-6H3,(H,40,46)/t20-,21+,30?/m0/s1. The van der Waals surface area contributed by atoms with Crippen molar-refractivity contribution in [2.45, 2.75) is 96.1 Å². The van der Waals surface area contributed by atoms with E-state index in [9.17, 15) is 45.8 Å². The molecule has 3 atom stereocenters. The van der Waals surface area contributed by atoms with Crippen molar-refractivity contribution >= 4 is 23.5 Å². The van der Waals surface area contributed by atoms with Gasteiger partial charge in [-0.2, -0.15) is 26.3 Å². The number of carbonyl (C=O) groups excluding carboxylic acids is 3. The number of anilines is 1. The molecule has 0 aromatic heterocycles. The Bertz CT molecular complexity index is 1520. The van der Waals surface area contributed by atoms with Gasteiger partial charge in [-0.15, -0.1) is 0 Å². The highest BCUT2D eigenvalue weighted by Crippen LogP contribution is 2.50. The Labute approximate surface area is 274 Å². The van der Waals surface area contributed by atoms with Crippen LogP contribution in [-0.4, -0.2) is 82.9 Å². The van der Waals surface area contributed by atoms with Crippen molar-refractivity contribution in [1.29, 1.82) is 0 Å². The summed E-state index contributed by atoms with van der Waals surface area (Å²) in [5, 5.41) is 12.6. The van der Waals surface area contributed by atoms with Crippen LogP contribution in [0.25, 0.3) is 0 Å². The first-order chi connectivity index (χ1) is 22.1. The summed E-state index contributed by atoms with van der Waals surface area (Å²) in [4.78, 5) is 44.1. The Morgan fingerprint density at radius 3 is 2.15 bits per heavy atom. The van der Waals surface area contributed by atoms with Gasteiger partial charge in [0.05, 0.1) is 6.10 Å². The molecule has 2 saturated heterocycles. The number of alkyl halides is 6. The summed E-state index contributed by atoms with van der Waals surface area (Å²) in [6, 6.07) is 7.51. The summed E-state index contributed by atoms with van der Waals surface area (Å²) in [6.45, 7) is 10.2. The van der Waals surface area contributed by atoms with E-state index in [1.165, 1.54) is 4.90 Å². The maximum absolute atomic E-state index is 13.6. The number of aliphatic hydroxyl groups is 1. The van der Waals surface area contributed by atoms with Crippen LogP contribution in [0.15, 0.2) is 42.5 Å². The molecule has 2 N–H and O–H groups in total. The monoisotopic (exact) mass is 686 g/mol. The highest BCUT2D eigenvalue weighted by atomic mass is 19.4. The zero-order valence-corrected chi connectivity index (χ0v) is 27.5. The van der Waals surface area contributed by atoms with Gasteiger partial charge in [0.1, 0.15) is 17.8 Å². The first-order valence-electron chi connectivity index (χ1n) is 15.6. The summed E-state index contributed by atoms with van der Waals surface area (Å²) < 4.78 is 87.2. The first kappa shape index (κ1) is 36.8. The highest BCUT2D eigenvalue weighted by Gasteiger charge is 2.71. The average molecular weight is 687 g/mol. The zero-order valence-electron chi connectivity index (χ0n) is 27.5. The molecule has 1 unspecified atom stereocenters. The number of hydrogen-bond donors (Lipinski definition) is 2. The molecule has 2 aliphatic heterocycles. The van der Waals surface area contributed by atoms with E-state index in [0.717, 1.165) is 17.0 Å². The summed E-state index contributed by atoms with van der Waals surface area (Å²) in [5.74, 6) is -0.531. The molecule has 2 fully saturated rings. The number of ether oxygens (including phenoxy) is 1. The Kier molecular flexibility index (Phi) is 10.1. The number of rotatable bonds is 9. The molecule has 9 nitrogen and oxygen atoms in total. The maximum Gasteiger partial charge on any atom is 0.430 e. The van der Waals surface area contributed by atoms with Gasteiger partial charge in [0.15, 0.2) is 0 Å². The third-order valence-electron chi connectivity index (χ3n) is 8.82. The maximum atomic E-state index is 13.6. The number of nitrogens with one attached hydrogen (secondary N) is 1. The molecule has 264 valence electrons. The third-order valence-corrected chi connectivity index (χ3v) is 8.82. The second-order valence-corrected chi connectivity index (χ2v) is 12.8. The van der Waals surface area contributed by atoms with Crippen molar-refractivity contribution in [1.82, 2.24) is 15.1 Å². The van der Waals surface area contributed by atoms with Gasteiger partial charge in [-0.1, -0.05) is 37.6 Å². The van der Waals surface area contributed by atoms with Crippen molar-refractivity contribution in [3.05, 3.63) is 59.2 Å². The van der Waals surface area contributed by atoms with E-state index in [0.29, 0.717) is 29.5 Å². The number of halogens is 6. The number of hydrogen-bond acceptors (Lipinski definition) is 6. The van der Waals surface area contributed by atoms with E-state index in [2.05, 4.69) is 5.32 Å². The van der Waals surface area contributed by atoms with Gasteiger partial charge < -0.3 is 25.0 Å². The lowest BCUT2D eigenvalue weighted by atomic mass is 9.89. The molecule has 0 aliphatic carbocycles. The molecule has 15 heteroatoms. The highest BCUT2D eigenvalue weighted by molar-refractivity contribution is 6.09. The van der Waals surface area contributed by atoms with Gasteiger partial charge in [0, 0.05) is 36.4 Å². The molecule has 4 rings (SSSR count). The number of nitrogens with zero attached hydrogens (tertiary/aromatic N) is 3. The van der Waals surface area contributed by atoms with Crippen molar-refractivity contribution in [3.8, 4) is 5.75 Å². The molecule has 2 aliphatic rings. The molecular formula is C33H40F6N4O5. The number of imide groups is 1. The van der Waals surface area contributed by atoms with Crippen LogP contribution in [0.3, 0.4) is 0 Å². The number of amides is 4. The van der Waals surface area contributed by atoms with Crippen LogP contribution in [-0.2, 0) is 27.1 Å². The summed E-state index contributed by atoms with van der Waals surface area (Å²) in [7, 11) is 0. The van der Waals surface area contributed by atoms with E-state index < -0.39 is 65.5 Å². The van der Waals surface area contributed by atoms with Gasteiger partial charge in [-0.3, -0.25) is 14.5 Å². The second kappa shape index (κ2) is 13.1. The lowest BCUT2D eigenvalue weighted by molar-refractivity contribution is -0.376. The molecule has 2 aromatic carbocycles. The SMILES string of the molecule is CCCc1cc(C(O)(C(F)(F)F)C(F)(F)F)ccc1N1C[C@@H](C)N(C(=O)CN2C(=O)NC(C)(c3ccc(OC(C)C)cc3)C2=O)C[C@@H]1C. The Morgan fingerprint density at radius 2 is 1.60 bits per heavy atom. The van der Waals surface area contributed by atoms with E-state index in [1.54, 1.807) is 56.9 Å². The zero-order chi connectivity index (χ0) is 36.0. The van der Waals surface area contributed by atoms with Crippen LogP contribution >= 0.6 is 0 Å². The molecule has 0 spiro atoms. The van der Waals surface area contributed by atoms with Crippen LogP contribution in [0.4, 0.5) is 36.8 Å². The molecule has 0 saturated carbocycles. The summed E-state index contributed by atoms with van der Waals surface area (Å²) in [5.41, 5.74) is -6.73. The van der Waals surface area contributed by atoms with Gasteiger partial charge in [0.25, 0.3) is 11.5 Å². The lowest BCUT2D eigenvalue weighted by Gasteiger charge is -2.46. The van der Waals surface area contributed by atoms with E-state index >= 15 is 0 Å². The van der Waals surface area contributed by atoms with Gasteiger partial charge in [0.2, 0.25) is 5.91 Å².